The van der Waals surface area contributed by atoms with Crippen molar-refractivity contribution in [2.24, 2.45) is 0 Å². The number of nitrogens with zero attached hydrogens (tertiary/aromatic N) is 3. The highest BCUT2D eigenvalue weighted by atomic mass is 35.5. The van der Waals surface area contributed by atoms with E-state index in [1.807, 2.05) is 0 Å². The number of fused-ring (bicyclic) bond motifs is 1. The van der Waals surface area contributed by atoms with Gasteiger partial charge < -0.3 is 10.4 Å². The predicted octanol–water partition coefficient (Wildman–Crippen LogP) is 3.97. The maximum atomic E-state index is 13.4. The number of imidazole rings is 1. The van der Waals surface area contributed by atoms with Crippen molar-refractivity contribution >= 4 is 33.0 Å². The van der Waals surface area contributed by atoms with Crippen LogP contribution in [-0.4, -0.2) is 31.9 Å². The van der Waals surface area contributed by atoms with E-state index < -0.39 is 5.82 Å². The van der Waals surface area contributed by atoms with E-state index in [0.717, 1.165) is 47.0 Å². The maximum Gasteiger partial charge on any atom is 0.214 e. The Morgan fingerprint density at radius 3 is 2.83 bits per heavy atom. The van der Waals surface area contributed by atoms with E-state index in [-0.39, 0.29) is 11.1 Å². The summed E-state index contributed by atoms with van der Waals surface area (Å²) in [5, 5.41) is 18.5. The minimum absolute atomic E-state index is 0.0804. The predicted molar refractivity (Wildman–Crippen MR) is 93.2 cm³/mol. The Kier molecular flexibility index (Phi) is 4.15. The van der Waals surface area contributed by atoms with Crippen LogP contribution >= 0.6 is 22.9 Å². The van der Waals surface area contributed by atoms with E-state index in [9.17, 15) is 9.50 Å². The summed E-state index contributed by atoms with van der Waals surface area (Å²) in [6, 6.07) is 4.92. The first-order valence-electron chi connectivity index (χ1n) is 7.85. The SMILES string of the molecule is OC1CCC(Nc2nn3c(-c4ccc(F)c(Cl)c4)cnc3s2)CC1. The van der Waals surface area contributed by atoms with Crippen molar-refractivity contribution in [1.82, 2.24) is 14.6 Å². The Morgan fingerprint density at radius 2 is 2.08 bits per heavy atom. The summed E-state index contributed by atoms with van der Waals surface area (Å²) in [4.78, 5) is 5.14. The number of rotatable bonds is 3. The average Bonchev–Trinajstić information content (AvgIpc) is 3.12. The summed E-state index contributed by atoms with van der Waals surface area (Å²) < 4.78 is 15.1. The fourth-order valence-electron chi connectivity index (χ4n) is 3.00. The summed E-state index contributed by atoms with van der Waals surface area (Å²) in [5.41, 5.74) is 1.54. The van der Waals surface area contributed by atoms with E-state index in [2.05, 4.69) is 15.4 Å². The van der Waals surface area contributed by atoms with Crippen molar-refractivity contribution in [3.05, 3.63) is 35.2 Å². The van der Waals surface area contributed by atoms with Crippen LogP contribution in [-0.2, 0) is 0 Å². The summed E-state index contributed by atoms with van der Waals surface area (Å²) >= 11 is 7.35. The van der Waals surface area contributed by atoms with Crippen LogP contribution in [0, 0.1) is 5.82 Å². The van der Waals surface area contributed by atoms with E-state index in [0.29, 0.717) is 6.04 Å². The summed E-state index contributed by atoms with van der Waals surface area (Å²) in [6.07, 6.45) is 5.04. The van der Waals surface area contributed by atoms with Gasteiger partial charge in [0.25, 0.3) is 0 Å². The number of benzene rings is 1. The minimum Gasteiger partial charge on any atom is -0.393 e. The highest BCUT2D eigenvalue weighted by Gasteiger charge is 2.21. The van der Waals surface area contributed by atoms with Crippen LogP contribution < -0.4 is 5.32 Å². The molecule has 0 atom stereocenters. The molecule has 8 heteroatoms. The first-order valence-corrected chi connectivity index (χ1v) is 9.04. The van der Waals surface area contributed by atoms with Crippen molar-refractivity contribution < 1.29 is 9.50 Å². The van der Waals surface area contributed by atoms with Crippen LogP contribution in [0.4, 0.5) is 9.52 Å². The number of hydrogen-bond acceptors (Lipinski definition) is 5. The number of aliphatic hydroxyl groups is 1. The number of hydrogen-bond donors (Lipinski definition) is 2. The van der Waals surface area contributed by atoms with Crippen LogP contribution in [0.3, 0.4) is 0 Å². The second-order valence-corrected chi connectivity index (χ2v) is 7.39. The van der Waals surface area contributed by atoms with Gasteiger partial charge in [-0.2, -0.15) is 0 Å². The van der Waals surface area contributed by atoms with Gasteiger partial charge in [0.1, 0.15) is 5.82 Å². The van der Waals surface area contributed by atoms with Gasteiger partial charge >= 0.3 is 0 Å². The molecule has 1 aliphatic rings. The van der Waals surface area contributed by atoms with Gasteiger partial charge in [0.2, 0.25) is 10.1 Å². The number of aromatic nitrogens is 3. The van der Waals surface area contributed by atoms with E-state index in [1.54, 1.807) is 22.8 Å². The summed E-state index contributed by atoms with van der Waals surface area (Å²) in [7, 11) is 0. The molecule has 0 radical (unpaired) electrons. The zero-order valence-corrected chi connectivity index (χ0v) is 14.3. The Morgan fingerprint density at radius 1 is 1.29 bits per heavy atom. The van der Waals surface area contributed by atoms with Crippen LogP contribution in [0.1, 0.15) is 25.7 Å². The zero-order chi connectivity index (χ0) is 16.7. The Labute approximate surface area is 147 Å². The van der Waals surface area contributed by atoms with Gasteiger partial charge in [-0.25, -0.2) is 13.9 Å². The quantitative estimate of drug-likeness (QED) is 0.736. The van der Waals surface area contributed by atoms with Crippen molar-refractivity contribution in [2.75, 3.05) is 5.32 Å². The van der Waals surface area contributed by atoms with Crippen molar-refractivity contribution in [3.8, 4) is 11.3 Å². The number of nitrogens with one attached hydrogen (secondary N) is 1. The molecule has 2 N–H and O–H groups in total. The molecule has 0 amide bonds. The van der Waals surface area contributed by atoms with Crippen molar-refractivity contribution in [3.63, 3.8) is 0 Å². The summed E-state index contributed by atoms with van der Waals surface area (Å²) in [6.45, 7) is 0. The second-order valence-electron chi connectivity index (χ2n) is 6.02. The number of halogens is 2. The standard InChI is InChI=1S/C16H16ClFN4OS/c17-12-7-9(1-6-13(12)18)14-8-19-16-22(14)21-15(24-16)20-10-2-4-11(23)5-3-10/h1,6-8,10-11,23H,2-5H2,(H,20,21). The van der Waals surface area contributed by atoms with E-state index in [1.165, 1.54) is 17.4 Å². The minimum atomic E-state index is -0.443. The number of anilines is 1. The van der Waals surface area contributed by atoms with Crippen LogP contribution in [0.15, 0.2) is 24.4 Å². The average molecular weight is 367 g/mol. The first-order chi connectivity index (χ1) is 11.6. The van der Waals surface area contributed by atoms with Gasteiger partial charge in [-0.1, -0.05) is 22.9 Å². The lowest BCUT2D eigenvalue weighted by Crippen LogP contribution is -2.28. The van der Waals surface area contributed by atoms with Crippen molar-refractivity contribution in [1.29, 1.82) is 0 Å². The van der Waals surface area contributed by atoms with Crippen LogP contribution in [0.2, 0.25) is 5.02 Å². The lowest BCUT2D eigenvalue weighted by molar-refractivity contribution is 0.126. The molecule has 1 aliphatic carbocycles. The van der Waals surface area contributed by atoms with E-state index >= 15 is 0 Å². The molecule has 5 nitrogen and oxygen atoms in total. The fourth-order valence-corrected chi connectivity index (χ4v) is 4.03. The Balaban J connectivity index is 1.60. The summed E-state index contributed by atoms with van der Waals surface area (Å²) in [5.74, 6) is -0.443. The molecule has 1 aromatic carbocycles. The van der Waals surface area contributed by atoms with Crippen molar-refractivity contribution in [2.45, 2.75) is 37.8 Å². The largest absolute Gasteiger partial charge is 0.393 e. The van der Waals surface area contributed by atoms with Gasteiger partial charge in [0.15, 0.2) is 0 Å². The highest BCUT2D eigenvalue weighted by Crippen LogP contribution is 2.30. The van der Waals surface area contributed by atoms with Gasteiger partial charge in [0.05, 0.1) is 23.0 Å². The number of aliphatic hydroxyl groups excluding tert-OH is 1. The molecule has 126 valence electrons. The molecule has 2 heterocycles. The van der Waals surface area contributed by atoms with Gasteiger partial charge in [-0.05, 0) is 43.9 Å². The Bertz CT molecular complexity index is 872. The molecule has 0 aliphatic heterocycles. The molecule has 2 aromatic heterocycles. The van der Waals surface area contributed by atoms with Gasteiger partial charge in [-0.3, -0.25) is 0 Å². The first kappa shape index (κ1) is 15.8. The third-order valence-corrected chi connectivity index (χ3v) is 5.47. The second kappa shape index (κ2) is 6.31. The topological polar surface area (TPSA) is 62.5 Å². The lowest BCUT2D eigenvalue weighted by atomic mass is 9.93. The molecule has 0 bridgehead atoms. The fraction of sp³-hybridized carbons (Fsp3) is 0.375. The third-order valence-electron chi connectivity index (χ3n) is 4.33. The molecule has 1 saturated carbocycles. The Hall–Kier alpha value is -1.70. The van der Waals surface area contributed by atoms with E-state index in [4.69, 9.17) is 11.6 Å². The third kappa shape index (κ3) is 2.99. The monoisotopic (exact) mass is 366 g/mol. The molecular weight excluding hydrogens is 351 g/mol. The smallest absolute Gasteiger partial charge is 0.214 e. The van der Waals surface area contributed by atoms with Gasteiger partial charge in [-0.15, -0.1) is 5.10 Å². The molecule has 0 unspecified atom stereocenters. The normalized spacial score (nSPS) is 21.3. The lowest BCUT2D eigenvalue weighted by Gasteiger charge is -2.25. The highest BCUT2D eigenvalue weighted by molar-refractivity contribution is 7.20. The zero-order valence-electron chi connectivity index (χ0n) is 12.7. The molecule has 0 spiro atoms. The molecule has 0 saturated heterocycles. The molecule has 4 rings (SSSR count). The molecule has 1 fully saturated rings. The molecule has 24 heavy (non-hydrogen) atoms. The molecule has 3 aromatic rings. The van der Waals surface area contributed by atoms with Crippen LogP contribution in [0.25, 0.3) is 16.2 Å². The maximum absolute atomic E-state index is 13.4. The van der Waals surface area contributed by atoms with Gasteiger partial charge in [0, 0.05) is 11.6 Å². The molecular formula is C16H16ClFN4OS. The van der Waals surface area contributed by atoms with Crippen LogP contribution in [0.5, 0.6) is 0 Å².